The van der Waals surface area contributed by atoms with Gasteiger partial charge in [-0.1, -0.05) is 13.8 Å². The van der Waals surface area contributed by atoms with E-state index in [0.29, 0.717) is 29.7 Å². The van der Waals surface area contributed by atoms with Crippen LogP contribution in [0, 0.1) is 23.2 Å². The van der Waals surface area contributed by atoms with E-state index < -0.39 is 6.10 Å². The SMILES string of the molecule is CC1CC(C)CN(CC(O)COc2ccc(C#N)cc2)C1. The van der Waals surface area contributed by atoms with Crippen LogP contribution in [0.2, 0.25) is 0 Å². The smallest absolute Gasteiger partial charge is 0.119 e. The van der Waals surface area contributed by atoms with Crippen LogP contribution in [0.1, 0.15) is 25.8 Å². The fourth-order valence-corrected chi connectivity index (χ4v) is 3.11. The molecule has 3 atom stereocenters. The summed E-state index contributed by atoms with van der Waals surface area (Å²) in [4.78, 5) is 2.33. The van der Waals surface area contributed by atoms with E-state index in [4.69, 9.17) is 10.00 Å². The van der Waals surface area contributed by atoms with Crippen molar-refractivity contribution in [2.45, 2.75) is 26.4 Å². The number of piperidine rings is 1. The molecule has 4 nitrogen and oxygen atoms in total. The standard InChI is InChI=1S/C17H24N2O2/c1-13-7-14(2)10-19(9-13)11-16(20)12-21-17-5-3-15(8-18)4-6-17/h3-6,13-14,16,20H,7,9-12H2,1-2H3. The molecule has 1 heterocycles. The van der Waals surface area contributed by atoms with Crippen LogP contribution in [0.4, 0.5) is 0 Å². The minimum Gasteiger partial charge on any atom is -0.491 e. The van der Waals surface area contributed by atoms with Gasteiger partial charge in [0.25, 0.3) is 0 Å². The largest absolute Gasteiger partial charge is 0.491 e. The van der Waals surface area contributed by atoms with Gasteiger partial charge in [0.15, 0.2) is 0 Å². The molecular weight excluding hydrogens is 264 g/mol. The molecule has 1 aliphatic rings. The van der Waals surface area contributed by atoms with Crippen molar-refractivity contribution in [1.29, 1.82) is 5.26 Å². The summed E-state index contributed by atoms with van der Waals surface area (Å²) < 4.78 is 5.58. The summed E-state index contributed by atoms with van der Waals surface area (Å²) in [7, 11) is 0. The van der Waals surface area contributed by atoms with Gasteiger partial charge in [0, 0.05) is 19.6 Å². The Bertz CT molecular complexity index is 471. The number of nitriles is 1. The molecule has 0 saturated carbocycles. The molecule has 0 bridgehead atoms. The van der Waals surface area contributed by atoms with Crippen LogP contribution in [0.3, 0.4) is 0 Å². The summed E-state index contributed by atoms with van der Waals surface area (Å²) in [6, 6.07) is 9.03. The van der Waals surface area contributed by atoms with Gasteiger partial charge >= 0.3 is 0 Å². The lowest BCUT2D eigenvalue weighted by Crippen LogP contribution is -2.43. The lowest BCUT2D eigenvalue weighted by Gasteiger charge is -2.35. The van der Waals surface area contributed by atoms with Crippen molar-refractivity contribution in [3.8, 4) is 11.8 Å². The number of nitrogens with zero attached hydrogens (tertiary/aromatic N) is 2. The molecule has 3 unspecified atom stereocenters. The van der Waals surface area contributed by atoms with Crippen LogP contribution in [0.15, 0.2) is 24.3 Å². The number of ether oxygens (including phenoxy) is 1. The second kappa shape index (κ2) is 7.44. The number of β-amino-alcohol motifs (C(OH)–C–C–N with tert-alkyl or cyclic N) is 1. The molecule has 0 aromatic heterocycles. The molecule has 1 saturated heterocycles. The lowest BCUT2D eigenvalue weighted by atomic mass is 9.92. The first-order valence-electron chi connectivity index (χ1n) is 7.60. The fraction of sp³-hybridized carbons (Fsp3) is 0.588. The normalized spacial score (nSPS) is 24.3. The fourth-order valence-electron chi connectivity index (χ4n) is 3.11. The van der Waals surface area contributed by atoms with Crippen molar-refractivity contribution in [1.82, 2.24) is 4.90 Å². The van der Waals surface area contributed by atoms with Crippen LogP contribution in [-0.2, 0) is 0 Å². The molecule has 21 heavy (non-hydrogen) atoms. The van der Waals surface area contributed by atoms with Crippen molar-refractivity contribution in [2.24, 2.45) is 11.8 Å². The summed E-state index contributed by atoms with van der Waals surface area (Å²) in [6.07, 6.45) is 0.784. The maximum Gasteiger partial charge on any atom is 0.119 e. The summed E-state index contributed by atoms with van der Waals surface area (Å²) in [5, 5.41) is 18.9. The van der Waals surface area contributed by atoms with Crippen molar-refractivity contribution in [3.63, 3.8) is 0 Å². The number of hydrogen-bond donors (Lipinski definition) is 1. The van der Waals surface area contributed by atoms with Gasteiger partial charge in [0.1, 0.15) is 18.5 Å². The third-order valence-corrected chi connectivity index (χ3v) is 3.84. The Morgan fingerprint density at radius 1 is 1.29 bits per heavy atom. The Kier molecular flexibility index (Phi) is 5.60. The molecule has 114 valence electrons. The molecule has 0 aliphatic carbocycles. The van der Waals surface area contributed by atoms with E-state index in [1.165, 1.54) is 6.42 Å². The lowest BCUT2D eigenvalue weighted by molar-refractivity contribution is 0.0429. The molecule has 0 spiro atoms. The van der Waals surface area contributed by atoms with Crippen LogP contribution >= 0.6 is 0 Å². The Morgan fingerprint density at radius 2 is 1.90 bits per heavy atom. The highest BCUT2D eigenvalue weighted by atomic mass is 16.5. The minimum absolute atomic E-state index is 0.283. The molecule has 4 heteroatoms. The first kappa shape index (κ1) is 15.8. The Labute approximate surface area is 127 Å². The van der Waals surface area contributed by atoms with Gasteiger partial charge in [-0.2, -0.15) is 5.26 Å². The van der Waals surface area contributed by atoms with Crippen molar-refractivity contribution in [3.05, 3.63) is 29.8 Å². The van der Waals surface area contributed by atoms with Crippen LogP contribution in [0.5, 0.6) is 5.75 Å². The van der Waals surface area contributed by atoms with Crippen molar-refractivity contribution >= 4 is 0 Å². The van der Waals surface area contributed by atoms with E-state index in [-0.39, 0.29) is 6.61 Å². The summed E-state index contributed by atoms with van der Waals surface area (Å²) in [5.41, 5.74) is 0.610. The molecular formula is C17H24N2O2. The third-order valence-electron chi connectivity index (χ3n) is 3.84. The molecule has 1 fully saturated rings. The molecule has 0 radical (unpaired) electrons. The monoisotopic (exact) mass is 288 g/mol. The molecule has 0 amide bonds. The zero-order valence-electron chi connectivity index (χ0n) is 12.8. The van der Waals surface area contributed by atoms with E-state index in [2.05, 4.69) is 24.8 Å². The van der Waals surface area contributed by atoms with Gasteiger partial charge in [0.05, 0.1) is 11.6 Å². The number of benzene rings is 1. The van der Waals surface area contributed by atoms with Gasteiger partial charge in [-0.25, -0.2) is 0 Å². The summed E-state index contributed by atoms with van der Waals surface area (Å²) >= 11 is 0. The second-order valence-electron chi connectivity index (χ2n) is 6.27. The minimum atomic E-state index is -0.488. The number of hydrogen-bond acceptors (Lipinski definition) is 4. The van der Waals surface area contributed by atoms with Gasteiger partial charge in [-0.3, -0.25) is 0 Å². The van der Waals surface area contributed by atoms with Crippen LogP contribution in [-0.4, -0.2) is 42.4 Å². The van der Waals surface area contributed by atoms with Gasteiger partial charge in [-0.05, 0) is 42.5 Å². The topological polar surface area (TPSA) is 56.5 Å². The summed E-state index contributed by atoms with van der Waals surface area (Å²) in [6.45, 7) is 7.58. The van der Waals surface area contributed by atoms with E-state index in [9.17, 15) is 5.11 Å². The predicted molar refractivity (Wildman–Crippen MR) is 82.0 cm³/mol. The Hall–Kier alpha value is -1.57. The Balaban J connectivity index is 1.76. The van der Waals surface area contributed by atoms with Crippen molar-refractivity contribution < 1.29 is 9.84 Å². The van der Waals surface area contributed by atoms with Gasteiger partial charge < -0.3 is 14.7 Å². The quantitative estimate of drug-likeness (QED) is 0.903. The van der Waals surface area contributed by atoms with Gasteiger partial charge in [-0.15, -0.1) is 0 Å². The number of aliphatic hydroxyl groups is 1. The Morgan fingerprint density at radius 3 is 2.48 bits per heavy atom. The first-order chi connectivity index (χ1) is 10.1. The maximum atomic E-state index is 10.1. The molecule has 2 rings (SSSR count). The van der Waals surface area contributed by atoms with E-state index in [0.717, 1.165) is 13.1 Å². The second-order valence-corrected chi connectivity index (χ2v) is 6.27. The maximum absolute atomic E-state index is 10.1. The van der Waals surface area contributed by atoms with E-state index in [1.54, 1.807) is 24.3 Å². The van der Waals surface area contributed by atoms with Gasteiger partial charge in [0.2, 0.25) is 0 Å². The molecule has 1 aromatic rings. The predicted octanol–water partition coefficient (Wildman–Crippen LogP) is 2.28. The highest BCUT2D eigenvalue weighted by Crippen LogP contribution is 2.21. The highest BCUT2D eigenvalue weighted by Gasteiger charge is 2.23. The summed E-state index contributed by atoms with van der Waals surface area (Å²) in [5.74, 6) is 2.08. The zero-order chi connectivity index (χ0) is 15.2. The van der Waals surface area contributed by atoms with E-state index in [1.807, 2.05) is 0 Å². The molecule has 1 aliphatic heterocycles. The van der Waals surface area contributed by atoms with E-state index >= 15 is 0 Å². The zero-order valence-corrected chi connectivity index (χ0v) is 12.8. The number of rotatable bonds is 5. The number of likely N-dealkylation sites (tertiary alicyclic amines) is 1. The van der Waals surface area contributed by atoms with Crippen molar-refractivity contribution in [2.75, 3.05) is 26.2 Å². The third kappa shape index (κ3) is 5.04. The van der Waals surface area contributed by atoms with Crippen LogP contribution < -0.4 is 4.74 Å². The molecule has 1 N–H and O–H groups in total. The van der Waals surface area contributed by atoms with Crippen LogP contribution in [0.25, 0.3) is 0 Å². The first-order valence-corrected chi connectivity index (χ1v) is 7.60. The average Bonchev–Trinajstić information content (AvgIpc) is 2.44. The highest BCUT2D eigenvalue weighted by molar-refractivity contribution is 5.34. The number of aliphatic hydroxyl groups excluding tert-OH is 1. The average molecular weight is 288 g/mol. The molecule has 1 aromatic carbocycles.